The number of aliphatic hydroxyl groups is 1. The number of benzene rings is 1. The van der Waals surface area contributed by atoms with Gasteiger partial charge in [0.2, 0.25) is 15.9 Å². The lowest BCUT2D eigenvalue weighted by Crippen LogP contribution is -2.43. The zero-order valence-corrected chi connectivity index (χ0v) is 24.1. The summed E-state index contributed by atoms with van der Waals surface area (Å²) >= 11 is 0.482. The molecule has 1 saturated heterocycles. The van der Waals surface area contributed by atoms with Crippen LogP contribution in [0, 0.1) is 5.82 Å². The highest BCUT2D eigenvalue weighted by atomic mass is 32.2. The molecule has 0 atom stereocenters. The van der Waals surface area contributed by atoms with E-state index in [2.05, 4.69) is 15.2 Å². The van der Waals surface area contributed by atoms with E-state index in [0.717, 1.165) is 11.0 Å². The van der Waals surface area contributed by atoms with Gasteiger partial charge in [-0.3, -0.25) is 4.79 Å². The van der Waals surface area contributed by atoms with E-state index in [1.807, 2.05) is 4.72 Å². The van der Waals surface area contributed by atoms with E-state index >= 15 is 4.39 Å². The number of carbonyl (C=O) groups excluding carboxylic acids is 1. The van der Waals surface area contributed by atoms with Gasteiger partial charge >= 0.3 is 6.18 Å². The zero-order chi connectivity index (χ0) is 31.4. The van der Waals surface area contributed by atoms with Crippen LogP contribution in [0.3, 0.4) is 0 Å². The van der Waals surface area contributed by atoms with Gasteiger partial charge in [0.05, 0.1) is 9.77 Å². The fourth-order valence-electron chi connectivity index (χ4n) is 4.08. The molecule has 1 fully saturated rings. The summed E-state index contributed by atoms with van der Waals surface area (Å²) in [6, 6.07) is 0.501. The predicted molar refractivity (Wildman–Crippen MR) is 137 cm³/mol. The molecule has 2 N–H and O–H groups in total. The zero-order valence-electron chi connectivity index (χ0n) is 22.5. The number of halogens is 6. The minimum atomic E-state index is -5.48. The van der Waals surface area contributed by atoms with Crippen molar-refractivity contribution in [1.82, 2.24) is 24.8 Å². The highest BCUT2D eigenvalue weighted by molar-refractivity contribution is 7.89. The molecule has 1 aromatic carbocycles. The number of piperidine rings is 1. The van der Waals surface area contributed by atoms with Gasteiger partial charge in [0.15, 0.2) is 5.01 Å². The summed E-state index contributed by atoms with van der Waals surface area (Å²) in [5, 5.41) is 17.3. The Kier molecular flexibility index (Phi) is 8.24. The number of nitrogens with zero attached hydrogens (tertiary/aromatic N) is 4. The van der Waals surface area contributed by atoms with Crippen LogP contribution in [0.25, 0.3) is 21.3 Å². The summed E-state index contributed by atoms with van der Waals surface area (Å²) < 4.78 is 118. The van der Waals surface area contributed by atoms with Crippen LogP contribution in [0.15, 0.2) is 21.4 Å². The number of hydrogen-bond donors (Lipinski definition) is 2. The molecular weight excluding hydrogens is 616 g/mol. The Balaban J connectivity index is 1.91. The number of amides is 1. The number of thiazole rings is 1. The molecule has 0 unspecified atom stereocenters. The van der Waals surface area contributed by atoms with E-state index in [1.54, 1.807) is 0 Å². The lowest BCUT2D eigenvalue weighted by molar-refractivity contribution is -0.142. The van der Waals surface area contributed by atoms with Crippen LogP contribution in [0.1, 0.15) is 62.5 Å². The molecule has 1 aliphatic rings. The average Bonchev–Trinajstić information content (AvgIpc) is 3.49. The summed E-state index contributed by atoms with van der Waals surface area (Å²) in [5.74, 6) is -6.62. The molecule has 42 heavy (non-hydrogen) atoms. The van der Waals surface area contributed by atoms with Crippen molar-refractivity contribution >= 4 is 27.3 Å². The number of hydrogen-bond acceptors (Lipinski definition) is 9. The highest BCUT2D eigenvalue weighted by Gasteiger charge is 2.43. The van der Waals surface area contributed by atoms with Crippen molar-refractivity contribution in [3.05, 3.63) is 35.1 Å². The van der Waals surface area contributed by atoms with Gasteiger partial charge in [0.1, 0.15) is 22.7 Å². The van der Waals surface area contributed by atoms with E-state index in [9.17, 15) is 40.3 Å². The first-order chi connectivity index (χ1) is 19.2. The molecule has 1 aliphatic heterocycles. The second-order valence-corrected chi connectivity index (χ2v) is 13.1. The Morgan fingerprint density at radius 1 is 1.17 bits per heavy atom. The van der Waals surface area contributed by atoms with Gasteiger partial charge in [-0.1, -0.05) is 0 Å². The molecule has 10 nitrogen and oxygen atoms in total. The summed E-state index contributed by atoms with van der Waals surface area (Å²) in [4.78, 5) is 16.7. The maximum Gasteiger partial charge on any atom is 0.420 e. The molecular formula is C24H25F6N5O5S2. The monoisotopic (exact) mass is 641 g/mol. The molecule has 2 aromatic heterocycles. The minimum absolute atomic E-state index is 0.246. The molecule has 0 saturated carbocycles. The van der Waals surface area contributed by atoms with E-state index in [-0.39, 0.29) is 16.8 Å². The summed E-state index contributed by atoms with van der Waals surface area (Å²) in [7, 11) is -4.82. The Morgan fingerprint density at radius 3 is 2.31 bits per heavy atom. The molecule has 18 heteroatoms. The van der Waals surface area contributed by atoms with Crippen LogP contribution in [0.2, 0.25) is 0 Å². The predicted octanol–water partition coefficient (Wildman–Crippen LogP) is 4.80. The topological polar surface area (TPSA) is 139 Å². The van der Waals surface area contributed by atoms with Crippen molar-refractivity contribution in [2.45, 2.75) is 69.2 Å². The average molecular weight is 642 g/mol. The smallest absolute Gasteiger partial charge is 0.415 e. The molecule has 230 valence electrons. The van der Waals surface area contributed by atoms with Crippen molar-refractivity contribution < 1.29 is 49.1 Å². The lowest BCUT2D eigenvalue weighted by Gasteiger charge is -2.31. The fraction of sp³-hybridized carbons (Fsp3) is 0.500. The third-order valence-electron chi connectivity index (χ3n) is 6.06. The molecule has 0 radical (unpaired) electrons. The van der Waals surface area contributed by atoms with Crippen LogP contribution in [-0.4, -0.2) is 64.6 Å². The van der Waals surface area contributed by atoms with Gasteiger partial charge in [0, 0.05) is 37.5 Å². The van der Waals surface area contributed by atoms with Gasteiger partial charge < -0.3 is 14.4 Å². The number of rotatable bonds is 7. The van der Waals surface area contributed by atoms with Crippen LogP contribution in [-0.2, 0) is 21.8 Å². The normalized spacial score (nSPS) is 16.3. The summed E-state index contributed by atoms with van der Waals surface area (Å²) in [5.41, 5.74) is -5.10. The van der Waals surface area contributed by atoms with Crippen LogP contribution in [0.5, 0.6) is 0 Å². The molecule has 3 aromatic rings. The van der Waals surface area contributed by atoms with Crippen molar-refractivity contribution in [2.24, 2.45) is 0 Å². The molecule has 0 bridgehead atoms. The van der Waals surface area contributed by atoms with Gasteiger partial charge in [0.25, 0.3) is 17.7 Å². The molecule has 0 aliphatic carbocycles. The van der Waals surface area contributed by atoms with Gasteiger partial charge in [-0.2, -0.15) is 13.2 Å². The van der Waals surface area contributed by atoms with Gasteiger partial charge in [-0.05, 0) is 39.8 Å². The first kappa shape index (κ1) is 31.8. The Bertz CT molecular complexity index is 1600. The third kappa shape index (κ3) is 6.45. The highest BCUT2D eigenvalue weighted by Crippen LogP contribution is 2.44. The number of alkyl halides is 5. The number of sulfonamides is 1. The second-order valence-electron chi connectivity index (χ2n) is 10.4. The van der Waals surface area contributed by atoms with Crippen LogP contribution < -0.4 is 4.72 Å². The van der Waals surface area contributed by atoms with E-state index in [0.29, 0.717) is 17.4 Å². The van der Waals surface area contributed by atoms with Crippen molar-refractivity contribution in [1.29, 1.82) is 0 Å². The maximum absolute atomic E-state index is 15.8. The van der Waals surface area contributed by atoms with Gasteiger partial charge in [-0.25, -0.2) is 31.3 Å². The molecule has 1 amide bonds. The minimum Gasteiger partial charge on any atom is -0.415 e. The van der Waals surface area contributed by atoms with E-state index in [1.165, 1.54) is 27.7 Å². The van der Waals surface area contributed by atoms with Crippen molar-refractivity contribution in [3.63, 3.8) is 0 Å². The number of aromatic nitrogens is 3. The van der Waals surface area contributed by atoms with Crippen LogP contribution in [0.4, 0.5) is 26.3 Å². The summed E-state index contributed by atoms with van der Waals surface area (Å²) in [6.07, 6.45) is -6.83. The van der Waals surface area contributed by atoms with Crippen molar-refractivity contribution in [2.75, 3.05) is 13.1 Å². The number of carbonyl (C=O) groups is 1. The van der Waals surface area contributed by atoms with Gasteiger partial charge in [-0.15, -0.1) is 21.5 Å². The number of likely N-dealkylation sites (tertiary alicyclic amines) is 1. The summed E-state index contributed by atoms with van der Waals surface area (Å²) in [6.45, 7) is 4.58. The third-order valence-corrected chi connectivity index (χ3v) is 8.83. The first-order valence-corrected chi connectivity index (χ1v) is 14.7. The Morgan fingerprint density at radius 2 is 1.79 bits per heavy atom. The first-order valence-electron chi connectivity index (χ1n) is 12.4. The van der Waals surface area contributed by atoms with E-state index < -0.39 is 98.0 Å². The molecule has 4 rings (SSSR count). The van der Waals surface area contributed by atoms with E-state index in [4.69, 9.17) is 4.42 Å². The van der Waals surface area contributed by atoms with Crippen LogP contribution >= 0.6 is 11.3 Å². The molecule has 3 heterocycles. The largest absolute Gasteiger partial charge is 0.420 e. The number of nitrogens with one attached hydrogen (secondary N) is 1. The molecule has 0 spiro atoms. The SMILES string of the molecule is CC(C)NS(=O)(=O)c1ccc(-c2sc(-c3nnc(C(C)(C)O)o3)nc2C(=O)N2CCC(F)(F)CC2)c(F)c1C(F)(F)F. The fourth-order valence-corrected chi connectivity index (χ4v) is 6.54. The second kappa shape index (κ2) is 10.9. The lowest BCUT2D eigenvalue weighted by atomic mass is 10.0. The maximum atomic E-state index is 15.8. The quantitative estimate of drug-likeness (QED) is 0.351. The Hall–Kier alpha value is -3.09. The Labute approximate surface area is 239 Å². The standard InChI is InChI=1S/C24H25F6N5O5S2/c1-11(2)34-42(38,39)13-6-5-12(15(25)14(13)24(28,29)30)17-16(20(36)35-9-7-23(26,27)8-10-35)31-19(41-17)18-32-33-21(40-18)22(3,4)37/h5-6,11,34,37H,7-10H2,1-4H3. The van der Waals surface area contributed by atoms with Crippen molar-refractivity contribution in [3.8, 4) is 21.3 Å².